The summed E-state index contributed by atoms with van der Waals surface area (Å²) in [6, 6.07) is 10.0. The van der Waals surface area contributed by atoms with Crippen LogP contribution in [0.2, 0.25) is 0 Å². The lowest BCUT2D eigenvalue weighted by atomic mass is 9.97. The number of hydrogen-bond acceptors (Lipinski definition) is 8. The standard InChI is InChI=1S/C27H24N2O6S/c1-6-34-17-9-7-8-16(12-17)21-20-22(30)18-10-13(2)14(3)11-19(18)35-23(20)25(31)29(21)27-28-15(4)24(36-27)26(32)33-5/h7-12,21H,6H2,1-5H3. The van der Waals surface area contributed by atoms with Gasteiger partial charge in [-0.2, -0.15) is 0 Å². The van der Waals surface area contributed by atoms with Gasteiger partial charge in [0.1, 0.15) is 16.2 Å². The van der Waals surface area contributed by atoms with Crippen molar-refractivity contribution in [2.75, 3.05) is 18.6 Å². The molecule has 184 valence electrons. The van der Waals surface area contributed by atoms with Crippen LogP contribution in [0.3, 0.4) is 0 Å². The molecule has 5 rings (SSSR count). The molecule has 1 amide bonds. The lowest BCUT2D eigenvalue weighted by Gasteiger charge is -2.23. The number of carbonyl (C=O) groups excluding carboxylic acids is 2. The molecule has 0 bridgehead atoms. The zero-order valence-electron chi connectivity index (χ0n) is 20.5. The van der Waals surface area contributed by atoms with Crippen LogP contribution in [0, 0.1) is 20.8 Å². The van der Waals surface area contributed by atoms with E-state index in [0.29, 0.717) is 34.6 Å². The highest BCUT2D eigenvalue weighted by Gasteiger charge is 2.45. The third kappa shape index (κ3) is 3.67. The van der Waals surface area contributed by atoms with E-state index in [4.69, 9.17) is 13.9 Å². The molecule has 0 radical (unpaired) electrons. The lowest BCUT2D eigenvalue weighted by molar-refractivity contribution is 0.0605. The van der Waals surface area contributed by atoms with Crippen molar-refractivity contribution in [3.63, 3.8) is 0 Å². The van der Waals surface area contributed by atoms with Crippen molar-refractivity contribution in [3.05, 3.63) is 85.2 Å². The number of fused-ring (bicyclic) bond motifs is 2. The number of nitrogens with zero attached hydrogens (tertiary/aromatic N) is 2. The van der Waals surface area contributed by atoms with Crippen molar-refractivity contribution < 1.29 is 23.5 Å². The normalized spacial score (nSPS) is 14.9. The number of hydrogen-bond donors (Lipinski definition) is 0. The van der Waals surface area contributed by atoms with Crippen molar-refractivity contribution >= 4 is 39.3 Å². The van der Waals surface area contributed by atoms with Crippen molar-refractivity contribution in [2.45, 2.75) is 33.7 Å². The van der Waals surface area contributed by atoms with Gasteiger partial charge in [0.15, 0.2) is 10.6 Å². The Morgan fingerprint density at radius 1 is 1.14 bits per heavy atom. The van der Waals surface area contributed by atoms with Crippen molar-refractivity contribution in [3.8, 4) is 5.75 Å². The fourth-order valence-electron chi connectivity index (χ4n) is 4.45. The maximum Gasteiger partial charge on any atom is 0.350 e. The van der Waals surface area contributed by atoms with Crippen LogP contribution in [-0.4, -0.2) is 30.6 Å². The molecular formula is C27H24N2O6S. The molecule has 2 aromatic carbocycles. The molecule has 0 saturated carbocycles. The first kappa shape index (κ1) is 23.7. The number of methoxy groups -OCH3 is 1. The van der Waals surface area contributed by atoms with Gasteiger partial charge in [0, 0.05) is 0 Å². The van der Waals surface area contributed by atoms with Crippen molar-refractivity contribution in [1.29, 1.82) is 0 Å². The summed E-state index contributed by atoms with van der Waals surface area (Å²) in [6.07, 6.45) is 0. The molecular weight excluding hydrogens is 480 g/mol. The molecule has 0 aliphatic carbocycles. The van der Waals surface area contributed by atoms with Gasteiger partial charge in [-0.3, -0.25) is 14.5 Å². The Labute approximate surface area is 211 Å². The molecule has 2 aromatic heterocycles. The average molecular weight is 505 g/mol. The minimum atomic E-state index is -0.814. The molecule has 3 heterocycles. The van der Waals surface area contributed by atoms with Crippen LogP contribution in [0.25, 0.3) is 11.0 Å². The van der Waals surface area contributed by atoms with Gasteiger partial charge in [-0.15, -0.1) is 0 Å². The van der Waals surface area contributed by atoms with Gasteiger partial charge < -0.3 is 13.9 Å². The highest BCUT2D eigenvalue weighted by molar-refractivity contribution is 7.17. The largest absolute Gasteiger partial charge is 0.494 e. The summed E-state index contributed by atoms with van der Waals surface area (Å²) < 4.78 is 16.6. The number of rotatable bonds is 5. The minimum absolute atomic E-state index is 0.0324. The summed E-state index contributed by atoms with van der Waals surface area (Å²) in [5.74, 6) is -0.464. The van der Waals surface area contributed by atoms with Gasteiger partial charge in [0.05, 0.1) is 36.4 Å². The number of aryl methyl sites for hydroxylation is 3. The number of aromatic nitrogens is 1. The Balaban J connectivity index is 1.79. The SMILES string of the molecule is CCOc1cccc(C2c3c(oc4cc(C)c(C)cc4c3=O)C(=O)N2c2nc(C)c(C(=O)OC)s2)c1. The molecule has 0 fully saturated rings. The molecule has 36 heavy (non-hydrogen) atoms. The van der Waals surface area contributed by atoms with Crippen LogP contribution < -0.4 is 15.1 Å². The number of benzene rings is 2. The zero-order valence-corrected chi connectivity index (χ0v) is 21.3. The topological polar surface area (TPSA) is 98.9 Å². The molecule has 8 nitrogen and oxygen atoms in total. The summed E-state index contributed by atoms with van der Waals surface area (Å²) in [4.78, 5) is 46.2. The Bertz CT molecular complexity index is 1600. The van der Waals surface area contributed by atoms with Crippen LogP contribution >= 0.6 is 11.3 Å². The first-order chi connectivity index (χ1) is 17.2. The second-order valence-corrected chi connectivity index (χ2v) is 9.57. The second kappa shape index (κ2) is 8.91. The number of amides is 1. The molecule has 4 aromatic rings. The summed E-state index contributed by atoms with van der Waals surface area (Å²) in [6.45, 7) is 7.87. The minimum Gasteiger partial charge on any atom is -0.494 e. The number of thiazole rings is 1. The number of ether oxygens (including phenoxy) is 2. The monoisotopic (exact) mass is 504 g/mol. The highest BCUT2D eigenvalue weighted by Crippen LogP contribution is 2.43. The van der Waals surface area contributed by atoms with Crippen LogP contribution in [0.15, 0.2) is 45.6 Å². The van der Waals surface area contributed by atoms with Crippen molar-refractivity contribution in [1.82, 2.24) is 4.98 Å². The van der Waals surface area contributed by atoms with E-state index < -0.39 is 17.9 Å². The maximum atomic E-state index is 13.9. The van der Waals surface area contributed by atoms with E-state index in [1.165, 1.54) is 12.0 Å². The first-order valence-electron chi connectivity index (χ1n) is 11.4. The zero-order chi connectivity index (χ0) is 25.7. The van der Waals surface area contributed by atoms with Crippen LogP contribution in [0.5, 0.6) is 5.75 Å². The fraction of sp³-hybridized carbons (Fsp3) is 0.259. The molecule has 0 N–H and O–H groups in total. The van der Waals surface area contributed by atoms with Crippen molar-refractivity contribution in [2.24, 2.45) is 0 Å². The molecule has 9 heteroatoms. The molecule has 0 spiro atoms. The van der Waals surface area contributed by atoms with E-state index in [1.807, 2.05) is 39.0 Å². The third-order valence-corrected chi connectivity index (χ3v) is 7.47. The third-order valence-electron chi connectivity index (χ3n) is 6.33. The average Bonchev–Trinajstić information content (AvgIpc) is 3.38. The Hall–Kier alpha value is -3.98. The highest BCUT2D eigenvalue weighted by atomic mass is 32.1. The number of carbonyl (C=O) groups is 2. The maximum absolute atomic E-state index is 13.9. The lowest BCUT2D eigenvalue weighted by Crippen LogP contribution is -2.29. The molecule has 1 aliphatic rings. The van der Waals surface area contributed by atoms with Gasteiger partial charge in [-0.25, -0.2) is 9.78 Å². The van der Waals surface area contributed by atoms with E-state index >= 15 is 0 Å². The van der Waals surface area contributed by atoms with Crippen LogP contribution in [0.4, 0.5) is 5.13 Å². The number of esters is 1. The molecule has 0 saturated heterocycles. The van der Waals surface area contributed by atoms with Gasteiger partial charge in [0.25, 0.3) is 5.91 Å². The molecule has 1 atom stereocenters. The van der Waals surface area contributed by atoms with Gasteiger partial charge >= 0.3 is 5.97 Å². The molecule has 1 unspecified atom stereocenters. The van der Waals surface area contributed by atoms with Crippen LogP contribution in [0.1, 0.15) is 61.1 Å². The summed E-state index contributed by atoms with van der Waals surface area (Å²) >= 11 is 1.04. The fourth-order valence-corrected chi connectivity index (χ4v) is 5.46. The Morgan fingerprint density at radius 3 is 2.61 bits per heavy atom. The van der Waals surface area contributed by atoms with Gasteiger partial charge in [-0.1, -0.05) is 23.5 Å². The predicted molar refractivity (Wildman–Crippen MR) is 136 cm³/mol. The predicted octanol–water partition coefficient (Wildman–Crippen LogP) is 5.11. The Kier molecular flexibility index (Phi) is 5.88. The Morgan fingerprint density at radius 2 is 1.89 bits per heavy atom. The quantitative estimate of drug-likeness (QED) is 0.348. The van der Waals surface area contributed by atoms with Gasteiger partial charge in [-0.05, 0) is 68.7 Å². The summed E-state index contributed by atoms with van der Waals surface area (Å²) in [5.41, 5.74) is 3.30. The second-order valence-electron chi connectivity index (χ2n) is 8.59. The van der Waals surface area contributed by atoms with E-state index in [0.717, 1.165) is 22.5 Å². The molecule has 1 aliphatic heterocycles. The first-order valence-corrected chi connectivity index (χ1v) is 12.3. The van der Waals surface area contributed by atoms with Crippen LogP contribution in [-0.2, 0) is 4.74 Å². The smallest absolute Gasteiger partial charge is 0.350 e. The summed E-state index contributed by atoms with van der Waals surface area (Å²) in [7, 11) is 1.29. The van der Waals surface area contributed by atoms with Gasteiger partial charge in [0.2, 0.25) is 5.76 Å². The van der Waals surface area contributed by atoms with E-state index in [-0.39, 0.29) is 26.8 Å². The van der Waals surface area contributed by atoms with E-state index in [2.05, 4.69) is 4.98 Å². The summed E-state index contributed by atoms with van der Waals surface area (Å²) in [5, 5.41) is 0.676. The van der Waals surface area contributed by atoms with E-state index in [1.54, 1.807) is 25.1 Å². The van der Waals surface area contributed by atoms with E-state index in [9.17, 15) is 14.4 Å². The number of anilines is 1.